The molecule has 0 unspecified atom stereocenters. The highest BCUT2D eigenvalue weighted by atomic mass is 35.5. The van der Waals surface area contributed by atoms with Crippen molar-refractivity contribution in [2.75, 3.05) is 0 Å². The minimum atomic E-state index is -4.03. The van der Waals surface area contributed by atoms with E-state index in [-0.39, 0.29) is 10.5 Å². The van der Waals surface area contributed by atoms with Gasteiger partial charge in [0.2, 0.25) is 0 Å². The van der Waals surface area contributed by atoms with Crippen LogP contribution in [0.3, 0.4) is 0 Å². The summed E-state index contributed by atoms with van der Waals surface area (Å²) in [6.45, 7) is 3.51. The summed E-state index contributed by atoms with van der Waals surface area (Å²) in [5.74, 6) is -0.696. The standard InChI is InChI=1S/C19H17ClN2O3S/c1-13-8-9-15(12-17(13)22-10-3-4-11-22)19(23)21-26(24,25)18-7-5-6-16(20)14(18)2/h3-12H,1-2H3,(H,21,23). The molecule has 1 heterocycles. The van der Waals surface area contributed by atoms with Crippen molar-refractivity contribution in [3.63, 3.8) is 0 Å². The van der Waals surface area contributed by atoms with Crippen molar-refractivity contribution in [3.8, 4) is 5.69 Å². The molecule has 0 spiro atoms. The Labute approximate surface area is 157 Å². The minimum absolute atomic E-state index is 0.0175. The van der Waals surface area contributed by atoms with Crippen LogP contribution in [0.4, 0.5) is 0 Å². The number of aromatic nitrogens is 1. The van der Waals surface area contributed by atoms with Gasteiger partial charge in [0.25, 0.3) is 15.9 Å². The molecule has 0 radical (unpaired) electrons. The summed E-state index contributed by atoms with van der Waals surface area (Å²) < 4.78 is 29.1. The van der Waals surface area contributed by atoms with Crippen LogP contribution in [0.25, 0.3) is 5.69 Å². The van der Waals surface area contributed by atoms with E-state index >= 15 is 0 Å². The van der Waals surface area contributed by atoms with Crippen LogP contribution in [0.2, 0.25) is 5.02 Å². The molecule has 134 valence electrons. The Kier molecular flexibility index (Phi) is 4.89. The van der Waals surface area contributed by atoms with Crippen molar-refractivity contribution in [3.05, 3.63) is 82.6 Å². The molecule has 1 N–H and O–H groups in total. The van der Waals surface area contributed by atoms with Crippen molar-refractivity contribution in [1.82, 2.24) is 9.29 Å². The maximum atomic E-state index is 12.6. The third kappa shape index (κ3) is 3.52. The van der Waals surface area contributed by atoms with E-state index in [9.17, 15) is 13.2 Å². The average molecular weight is 389 g/mol. The van der Waals surface area contributed by atoms with Gasteiger partial charge in [-0.3, -0.25) is 4.79 Å². The first-order valence-corrected chi connectivity index (χ1v) is 9.72. The zero-order valence-electron chi connectivity index (χ0n) is 14.2. The Morgan fingerprint density at radius 1 is 1.04 bits per heavy atom. The van der Waals surface area contributed by atoms with Crippen LogP contribution in [-0.2, 0) is 10.0 Å². The normalized spacial score (nSPS) is 11.3. The van der Waals surface area contributed by atoms with Crippen LogP contribution in [-0.4, -0.2) is 18.9 Å². The second-order valence-corrected chi connectivity index (χ2v) is 7.95. The van der Waals surface area contributed by atoms with E-state index in [1.54, 1.807) is 31.2 Å². The fourth-order valence-corrected chi connectivity index (χ4v) is 4.11. The number of hydrogen-bond donors (Lipinski definition) is 1. The predicted octanol–water partition coefficient (Wildman–Crippen LogP) is 3.87. The summed E-state index contributed by atoms with van der Waals surface area (Å²) in [6, 6.07) is 13.3. The van der Waals surface area contributed by atoms with Crippen molar-refractivity contribution < 1.29 is 13.2 Å². The molecule has 0 saturated heterocycles. The van der Waals surface area contributed by atoms with Crippen LogP contribution in [0, 0.1) is 13.8 Å². The van der Waals surface area contributed by atoms with E-state index in [4.69, 9.17) is 11.6 Å². The molecular weight excluding hydrogens is 372 g/mol. The van der Waals surface area contributed by atoms with Crippen molar-refractivity contribution in [2.45, 2.75) is 18.7 Å². The number of carbonyl (C=O) groups is 1. The van der Waals surface area contributed by atoms with Crippen molar-refractivity contribution in [2.24, 2.45) is 0 Å². The first-order valence-electron chi connectivity index (χ1n) is 7.86. The molecule has 0 aliphatic carbocycles. The molecular formula is C19H17ClN2O3S. The monoisotopic (exact) mass is 388 g/mol. The number of nitrogens with zero attached hydrogens (tertiary/aromatic N) is 1. The second-order valence-electron chi connectivity index (χ2n) is 5.89. The maximum absolute atomic E-state index is 12.6. The molecule has 3 aromatic rings. The SMILES string of the molecule is Cc1ccc(C(=O)NS(=O)(=O)c2cccc(Cl)c2C)cc1-n1cccc1. The number of benzene rings is 2. The number of sulfonamides is 1. The minimum Gasteiger partial charge on any atom is -0.324 e. The van der Waals surface area contributed by atoms with Gasteiger partial charge in [-0.1, -0.05) is 23.7 Å². The molecule has 2 aromatic carbocycles. The van der Waals surface area contributed by atoms with Crippen molar-refractivity contribution >= 4 is 27.5 Å². The zero-order chi connectivity index (χ0) is 18.9. The molecule has 0 saturated carbocycles. The second kappa shape index (κ2) is 6.97. The lowest BCUT2D eigenvalue weighted by molar-refractivity contribution is 0.0981. The van der Waals surface area contributed by atoms with Gasteiger partial charge in [0.15, 0.2) is 0 Å². The van der Waals surface area contributed by atoms with Gasteiger partial charge in [0.05, 0.1) is 4.90 Å². The van der Waals surface area contributed by atoms with Crippen LogP contribution >= 0.6 is 11.6 Å². The molecule has 1 aromatic heterocycles. The van der Waals surface area contributed by atoms with E-state index in [2.05, 4.69) is 4.72 Å². The van der Waals surface area contributed by atoms with Crippen LogP contribution < -0.4 is 4.72 Å². The van der Waals surface area contributed by atoms with Gasteiger partial charge < -0.3 is 4.57 Å². The first-order chi connectivity index (χ1) is 12.3. The van der Waals surface area contributed by atoms with Gasteiger partial charge in [-0.2, -0.15) is 0 Å². The van der Waals surface area contributed by atoms with E-state index in [0.29, 0.717) is 10.6 Å². The fraction of sp³-hybridized carbons (Fsp3) is 0.105. The Morgan fingerprint density at radius 2 is 1.73 bits per heavy atom. The lowest BCUT2D eigenvalue weighted by Crippen LogP contribution is -2.31. The third-order valence-electron chi connectivity index (χ3n) is 4.09. The molecule has 0 aliphatic rings. The summed E-state index contributed by atoms with van der Waals surface area (Å²) in [6.07, 6.45) is 3.71. The number of amides is 1. The molecule has 0 bridgehead atoms. The molecule has 7 heteroatoms. The number of nitrogens with one attached hydrogen (secondary N) is 1. The summed E-state index contributed by atoms with van der Waals surface area (Å²) in [5.41, 5.74) is 2.42. The molecule has 5 nitrogen and oxygen atoms in total. The Balaban J connectivity index is 1.93. The molecule has 0 fully saturated rings. The van der Waals surface area contributed by atoms with Gasteiger partial charge in [0, 0.05) is 28.7 Å². The molecule has 1 amide bonds. The molecule has 0 atom stereocenters. The van der Waals surface area contributed by atoms with E-state index in [1.165, 1.54) is 12.1 Å². The van der Waals surface area contributed by atoms with Gasteiger partial charge in [0.1, 0.15) is 0 Å². The number of hydrogen-bond acceptors (Lipinski definition) is 3. The number of aryl methyl sites for hydroxylation is 1. The lowest BCUT2D eigenvalue weighted by atomic mass is 10.1. The number of halogens is 1. The Hall–Kier alpha value is -2.57. The zero-order valence-corrected chi connectivity index (χ0v) is 15.8. The molecule has 26 heavy (non-hydrogen) atoms. The van der Waals surface area contributed by atoms with E-state index < -0.39 is 15.9 Å². The van der Waals surface area contributed by atoms with Crippen LogP contribution in [0.5, 0.6) is 0 Å². The number of rotatable bonds is 4. The largest absolute Gasteiger partial charge is 0.324 e. The first kappa shape index (κ1) is 18.2. The molecule has 0 aliphatic heterocycles. The summed E-state index contributed by atoms with van der Waals surface area (Å²) in [4.78, 5) is 12.5. The average Bonchev–Trinajstić information content (AvgIpc) is 3.11. The summed E-state index contributed by atoms with van der Waals surface area (Å²) >= 11 is 5.99. The van der Waals surface area contributed by atoms with Crippen LogP contribution in [0.15, 0.2) is 65.8 Å². The van der Waals surface area contributed by atoms with E-state index in [0.717, 1.165) is 11.3 Å². The smallest absolute Gasteiger partial charge is 0.265 e. The Morgan fingerprint density at radius 3 is 2.42 bits per heavy atom. The highest BCUT2D eigenvalue weighted by Crippen LogP contribution is 2.23. The predicted molar refractivity (Wildman–Crippen MR) is 101 cm³/mol. The third-order valence-corrected chi connectivity index (χ3v) is 5.97. The van der Waals surface area contributed by atoms with Gasteiger partial charge >= 0.3 is 0 Å². The highest BCUT2D eigenvalue weighted by molar-refractivity contribution is 7.90. The Bertz CT molecular complexity index is 1070. The molecule has 3 rings (SSSR count). The van der Waals surface area contributed by atoms with Gasteiger partial charge in [-0.25, -0.2) is 13.1 Å². The lowest BCUT2D eigenvalue weighted by Gasteiger charge is -2.12. The highest BCUT2D eigenvalue weighted by Gasteiger charge is 2.22. The maximum Gasteiger partial charge on any atom is 0.265 e. The topological polar surface area (TPSA) is 68.2 Å². The number of carbonyl (C=O) groups excluding carboxylic acids is 1. The van der Waals surface area contributed by atoms with Gasteiger partial charge in [-0.15, -0.1) is 0 Å². The van der Waals surface area contributed by atoms with Crippen LogP contribution in [0.1, 0.15) is 21.5 Å². The summed E-state index contributed by atoms with van der Waals surface area (Å²) in [5, 5.41) is 0.325. The summed E-state index contributed by atoms with van der Waals surface area (Å²) in [7, 11) is -4.03. The van der Waals surface area contributed by atoms with Crippen molar-refractivity contribution in [1.29, 1.82) is 0 Å². The quantitative estimate of drug-likeness (QED) is 0.737. The van der Waals surface area contributed by atoms with Gasteiger partial charge in [-0.05, 0) is 61.4 Å². The van der Waals surface area contributed by atoms with E-state index in [1.807, 2.05) is 36.0 Å². The fourth-order valence-electron chi connectivity index (χ4n) is 2.64.